The van der Waals surface area contributed by atoms with Gasteiger partial charge in [-0.2, -0.15) is 0 Å². The number of anilines is 1. The van der Waals surface area contributed by atoms with Crippen LogP contribution in [0.3, 0.4) is 0 Å². The lowest BCUT2D eigenvalue weighted by Gasteiger charge is -2.02. The van der Waals surface area contributed by atoms with E-state index in [-0.39, 0.29) is 5.91 Å². The zero-order chi connectivity index (χ0) is 18.7. The molecule has 0 aliphatic heterocycles. The number of nitrogens with one attached hydrogen (secondary N) is 1. The lowest BCUT2D eigenvalue weighted by Crippen LogP contribution is -2.09. The van der Waals surface area contributed by atoms with Crippen molar-refractivity contribution in [2.45, 2.75) is 6.92 Å². The Hall–Kier alpha value is -2.71. The first-order valence-electron chi connectivity index (χ1n) is 7.63. The number of ether oxygens (including phenoxy) is 2. The monoisotopic (exact) mass is 388 g/mol. The fraction of sp³-hybridized carbons (Fsp3) is 0.167. The molecule has 8 heteroatoms. The second-order valence-corrected chi connectivity index (χ2v) is 7.55. The van der Waals surface area contributed by atoms with Crippen LogP contribution in [0, 0.1) is 6.92 Å². The Morgan fingerprint density at radius 2 is 1.69 bits per heavy atom. The number of rotatable bonds is 5. The average molecular weight is 388 g/mol. The van der Waals surface area contributed by atoms with E-state index in [1.807, 2.05) is 31.2 Å². The summed E-state index contributed by atoms with van der Waals surface area (Å²) in [7, 11) is 2.92. The van der Waals surface area contributed by atoms with Gasteiger partial charge in [0, 0.05) is 10.4 Å². The Bertz CT molecular complexity index is 945. The molecule has 2 aromatic heterocycles. The molecule has 0 spiro atoms. The minimum Gasteiger partial charge on any atom is -0.497 e. The van der Waals surface area contributed by atoms with Gasteiger partial charge in [0.2, 0.25) is 0 Å². The van der Waals surface area contributed by atoms with E-state index in [2.05, 4.69) is 15.0 Å². The van der Waals surface area contributed by atoms with Crippen LogP contribution in [0.15, 0.2) is 36.4 Å². The number of esters is 1. The molecule has 2 heterocycles. The molecule has 0 saturated carbocycles. The number of methoxy groups -OCH3 is 2. The summed E-state index contributed by atoms with van der Waals surface area (Å²) < 4.78 is 9.82. The van der Waals surface area contributed by atoms with Gasteiger partial charge >= 0.3 is 5.97 Å². The van der Waals surface area contributed by atoms with Gasteiger partial charge in [-0.3, -0.25) is 10.1 Å². The molecule has 0 saturated heterocycles. The molecule has 1 aromatic carbocycles. The van der Waals surface area contributed by atoms with Crippen LogP contribution in [0.4, 0.5) is 5.13 Å². The Morgan fingerprint density at radius 1 is 1.00 bits per heavy atom. The van der Waals surface area contributed by atoms with E-state index in [0.717, 1.165) is 33.2 Å². The van der Waals surface area contributed by atoms with Gasteiger partial charge in [-0.25, -0.2) is 9.78 Å². The number of benzene rings is 1. The molecular formula is C18H16N2O4S2. The van der Waals surface area contributed by atoms with Gasteiger partial charge in [0.25, 0.3) is 5.91 Å². The van der Waals surface area contributed by atoms with Crippen molar-refractivity contribution in [1.29, 1.82) is 0 Å². The predicted molar refractivity (Wildman–Crippen MR) is 102 cm³/mol. The van der Waals surface area contributed by atoms with Crippen LogP contribution in [-0.4, -0.2) is 31.1 Å². The fourth-order valence-electron chi connectivity index (χ4n) is 2.30. The van der Waals surface area contributed by atoms with E-state index >= 15 is 0 Å². The molecule has 1 N–H and O–H groups in total. The van der Waals surface area contributed by atoms with Crippen LogP contribution in [0.2, 0.25) is 0 Å². The fourth-order valence-corrected chi connectivity index (χ4v) is 3.95. The minimum atomic E-state index is -0.457. The summed E-state index contributed by atoms with van der Waals surface area (Å²) in [5.41, 5.74) is 1.76. The molecule has 1 amide bonds. The molecule has 0 aliphatic rings. The van der Waals surface area contributed by atoms with Crippen molar-refractivity contribution in [3.05, 3.63) is 51.0 Å². The number of nitrogens with zero attached hydrogens (tertiary/aromatic N) is 1. The normalized spacial score (nSPS) is 10.4. The number of hydrogen-bond donors (Lipinski definition) is 1. The zero-order valence-electron chi connectivity index (χ0n) is 14.4. The van der Waals surface area contributed by atoms with Gasteiger partial charge in [0.15, 0.2) is 5.13 Å². The first kappa shape index (κ1) is 18.1. The smallest absolute Gasteiger partial charge is 0.348 e. The van der Waals surface area contributed by atoms with Crippen LogP contribution in [-0.2, 0) is 4.74 Å². The summed E-state index contributed by atoms with van der Waals surface area (Å²) in [6, 6.07) is 10.7. The standard InChI is InChI=1S/C18H16N2O4S2/c1-10-15(11-4-6-12(23-2)7-5-11)19-18(25-10)20-16(21)13-8-9-14(26-13)17(22)24-3/h4-9H,1-3H3,(H,19,20,21). The van der Waals surface area contributed by atoms with Gasteiger partial charge in [0.1, 0.15) is 10.6 Å². The second-order valence-electron chi connectivity index (χ2n) is 5.26. The number of aromatic nitrogens is 1. The summed E-state index contributed by atoms with van der Waals surface area (Å²) in [5.74, 6) is 0.00961. The maximum absolute atomic E-state index is 12.4. The maximum atomic E-state index is 12.4. The Morgan fingerprint density at radius 3 is 2.35 bits per heavy atom. The number of carbonyl (C=O) groups excluding carboxylic acids is 2. The summed E-state index contributed by atoms with van der Waals surface area (Å²) in [4.78, 5) is 30.2. The SMILES string of the molecule is COC(=O)c1ccc(C(=O)Nc2nc(-c3ccc(OC)cc3)c(C)s2)s1. The average Bonchev–Trinajstić information content (AvgIpc) is 3.28. The summed E-state index contributed by atoms with van der Waals surface area (Å²) in [6.45, 7) is 1.95. The number of aryl methyl sites for hydroxylation is 1. The molecule has 3 aromatic rings. The van der Waals surface area contributed by atoms with E-state index in [0.29, 0.717) is 14.9 Å². The lowest BCUT2D eigenvalue weighted by molar-refractivity contribution is 0.0606. The molecule has 6 nitrogen and oxygen atoms in total. The highest BCUT2D eigenvalue weighted by Crippen LogP contribution is 2.31. The lowest BCUT2D eigenvalue weighted by atomic mass is 10.1. The highest BCUT2D eigenvalue weighted by Gasteiger charge is 2.17. The largest absolute Gasteiger partial charge is 0.497 e. The van der Waals surface area contributed by atoms with Gasteiger partial charge in [-0.15, -0.1) is 22.7 Å². The van der Waals surface area contributed by atoms with Gasteiger partial charge in [0.05, 0.1) is 24.8 Å². The van der Waals surface area contributed by atoms with E-state index in [1.165, 1.54) is 18.4 Å². The van der Waals surface area contributed by atoms with Crippen LogP contribution in [0.1, 0.15) is 24.2 Å². The Kier molecular flexibility index (Phi) is 5.34. The van der Waals surface area contributed by atoms with Gasteiger partial charge in [-0.05, 0) is 43.3 Å². The Labute approximate surface area is 158 Å². The van der Waals surface area contributed by atoms with Crippen molar-refractivity contribution < 1.29 is 19.1 Å². The topological polar surface area (TPSA) is 77.5 Å². The van der Waals surface area contributed by atoms with Crippen molar-refractivity contribution >= 4 is 39.7 Å². The molecule has 0 radical (unpaired) electrons. The molecule has 0 atom stereocenters. The van der Waals surface area contributed by atoms with Crippen molar-refractivity contribution in [3.8, 4) is 17.0 Å². The predicted octanol–water partition coefficient (Wildman–Crippen LogP) is 4.23. The summed E-state index contributed by atoms with van der Waals surface area (Å²) >= 11 is 2.48. The molecule has 0 bridgehead atoms. The quantitative estimate of drug-likeness (QED) is 0.662. The summed E-state index contributed by atoms with van der Waals surface area (Å²) in [5, 5.41) is 3.29. The molecule has 3 rings (SSSR count). The molecular weight excluding hydrogens is 372 g/mol. The van der Waals surface area contributed by atoms with Crippen LogP contribution < -0.4 is 10.1 Å². The van der Waals surface area contributed by atoms with Crippen molar-refractivity contribution in [3.63, 3.8) is 0 Å². The first-order valence-corrected chi connectivity index (χ1v) is 9.26. The van der Waals surface area contributed by atoms with Crippen LogP contribution in [0.25, 0.3) is 11.3 Å². The maximum Gasteiger partial charge on any atom is 0.348 e. The Balaban J connectivity index is 1.77. The van der Waals surface area contributed by atoms with E-state index < -0.39 is 5.97 Å². The third-order valence-electron chi connectivity index (χ3n) is 3.60. The van der Waals surface area contributed by atoms with Crippen molar-refractivity contribution in [1.82, 2.24) is 4.98 Å². The highest BCUT2D eigenvalue weighted by molar-refractivity contribution is 7.17. The number of carbonyl (C=O) groups is 2. The minimum absolute atomic E-state index is 0.305. The van der Waals surface area contributed by atoms with Crippen molar-refractivity contribution in [2.24, 2.45) is 0 Å². The number of hydrogen-bond acceptors (Lipinski definition) is 7. The van der Waals surface area contributed by atoms with E-state index in [4.69, 9.17) is 4.74 Å². The third-order valence-corrected chi connectivity index (χ3v) is 5.55. The molecule has 134 valence electrons. The van der Waals surface area contributed by atoms with Gasteiger partial charge < -0.3 is 9.47 Å². The molecule has 0 fully saturated rings. The van der Waals surface area contributed by atoms with Gasteiger partial charge in [-0.1, -0.05) is 0 Å². The van der Waals surface area contributed by atoms with E-state index in [9.17, 15) is 9.59 Å². The third kappa shape index (κ3) is 3.76. The summed E-state index contributed by atoms with van der Waals surface area (Å²) in [6.07, 6.45) is 0. The zero-order valence-corrected chi connectivity index (χ0v) is 16.0. The van der Waals surface area contributed by atoms with E-state index in [1.54, 1.807) is 19.2 Å². The highest BCUT2D eigenvalue weighted by atomic mass is 32.1. The first-order chi connectivity index (χ1) is 12.5. The van der Waals surface area contributed by atoms with Crippen LogP contribution >= 0.6 is 22.7 Å². The molecule has 0 unspecified atom stereocenters. The van der Waals surface area contributed by atoms with Crippen molar-refractivity contribution in [2.75, 3.05) is 19.5 Å². The van der Waals surface area contributed by atoms with Crippen LogP contribution in [0.5, 0.6) is 5.75 Å². The second kappa shape index (κ2) is 7.67. The number of thiophene rings is 1. The number of amides is 1. The molecule has 0 aliphatic carbocycles. The number of thiazole rings is 1. The molecule has 26 heavy (non-hydrogen) atoms.